The van der Waals surface area contributed by atoms with Gasteiger partial charge in [-0.05, 0) is 24.8 Å². The molecule has 6 heteroatoms. The molecule has 0 radical (unpaired) electrons. The van der Waals surface area contributed by atoms with Gasteiger partial charge in [-0.15, -0.1) is 0 Å². The fraction of sp³-hybridized carbons (Fsp3) is 0.444. The molecule has 1 aliphatic carbocycles. The Bertz CT molecular complexity index is 716. The molecule has 2 amide bonds. The van der Waals surface area contributed by atoms with Gasteiger partial charge >= 0.3 is 0 Å². The lowest BCUT2D eigenvalue weighted by Crippen LogP contribution is -2.55. The van der Waals surface area contributed by atoms with Crippen LogP contribution in [0.25, 0.3) is 0 Å². The molecule has 0 aromatic heterocycles. The molecule has 1 aromatic rings. The van der Waals surface area contributed by atoms with Crippen molar-refractivity contribution in [2.75, 3.05) is 7.05 Å². The van der Waals surface area contributed by atoms with Crippen molar-refractivity contribution in [3.63, 3.8) is 0 Å². The van der Waals surface area contributed by atoms with Crippen LogP contribution in [0.3, 0.4) is 0 Å². The molecule has 1 saturated carbocycles. The highest BCUT2D eigenvalue weighted by atomic mass is 16.2. The first-order chi connectivity index (χ1) is 11.6. The van der Waals surface area contributed by atoms with Crippen LogP contribution in [0.15, 0.2) is 35.4 Å². The van der Waals surface area contributed by atoms with Gasteiger partial charge in [-0.25, -0.2) is 5.01 Å². The molecule has 0 saturated heterocycles. The van der Waals surface area contributed by atoms with Crippen LogP contribution >= 0.6 is 0 Å². The Morgan fingerprint density at radius 1 is 1.33 bits per heavy atom. The van der Waals surface area contributed by atoms with Crippen LogP contribution < -0.4 is 0 Å². The summed E-state index contributed by atoms with van der Waals surface area (Å²) in [4.78, 5) is 26.3. The van der Waals surface area contributed by atoms with E-state index in [2.05, 4.69) is 11.2 Å². The second-order valence-corrected chi connectivity index (χ2v) is 6.34. The highest BCUT2D eigenvalue weighted by molar-refractivity contribution is 6.39. The van der Waals surface area contributed by atoms with Gasteiger partial charge < -0.3 is 4.90 Å². The summed E-state index contributed by atoms with van der Waals surface area (Å²) in [6.07, 6.45) is 2.95. The number of hydrazone groups is 1. The minimum Gasteiger partial charge on any atom is -0.322 e. The van der Waals surface area contributed by atoms with Gasteiger partial charge in [0, 0.05) is 19.9 Å². The second kappa shape index (κ2) is 6.44. The largest absolute Gasteiger partial charge is 0.322 e. The van der Waals surface area contributed by atoms with E-state index in [0.29, 0.717) is 31.5 Å². The average molecular weight is 324 g/mol. The van der Waals surface area contributed by atoms with E-state index in [1.165, 1.54) is 9.91 Å². The van der Waals surface area contributed by atoms with Gasteiger partial charge in [0.05, 0.1) is 12.6 Å². The summed E-state index contributed by atoms with van der Waals surface area (Å²) in [6.45, 7) is 0.351. The number of rotatable bonds is 4. The summed E-state index contributed by atoms with van der Waals surface area (Å²) in [5.74, 6) is -0.335. The van der Waals surface area contributed by atoms with E-state index < -0.39 is 5.54 Å². The molecular formula is C18H20N4O2. The topological polar surface area (TPSA) is 76.8 Å². The molecule has 0 bridgehead atoms. The van der Waals surface area contributed by atoms with Crippen LogP contribution in [0.4, 0.5) is 0 Å². The predicted octanol–water partition coefficient (Wildman–Crippen LogP) is 2.07. The zero-order valence-electron chi connectivity index (χ0n) is 13.7. The first-order valence-electron chi connectivity index (χ1n) is 8.17. The van der Waals surface area contributed by atoms with E-state index >= 15 is 0 Å². The van der Waals surface area contributed by atoms with E-state index in [0.717, 1.165) is 12.0 Å². The fourth-order valence-corrected chi connectivity index (χ4v) is 3.06. The second-order valence-electron chi connectivity index (χ2n) is 6.34. The summed E-state index contributed by atoms with van der Waals surface area (Å²) >= 11 is 0. The van der Waals surface area contributed by atoms with Gasteiger partial charge in [-0.1, -0.05) is 30.3 Å². The normalized spacial score (nSPS) is 19.1. The molecule has 1 fully saturated rings. The lowest BCUT2D eigenvalue weighted by atomic mass is 9.76. The summed E-state index contributed by atoms with van der Waals surface area (Å²) in [7, 11) is 1.66. The molecule has 1 aromatic carbocycles. The van der Waals surface area contributed by atoms with Crippen molar-refractivity contribution in [2.45, 2.75) is 44.2 Å². The van der Waals surface area contributed by atoms with E-state index in [1.807, 2.05) is 30.3 Å². The summed E-state index contributed by atoms with van der Waals surface area (Å²) in [5, 5.41) is 15.0. The van der Waals surface area contributed by atoms with Crippen LogP contribution in [0.2, 0.25) is 0 Å². The predicted molar refractivity (Wildman–Crippen MR) is 88.6 cm³/mol. The quantitative estimate of drug-likeness (QED) is 0.850. The first kappa shape index (κ1) is 16.2. The van der Waals surface area contributed by atoms with Gasteiger partial charge in [0.25, 0.3) is 5.91 Å². The smallest absolute Gasteiger partial charge is 0.271 e. The molecule has 24 heavy (non-hydrogen) atoms. The van der Waals surface area contributed by atoms with Gasteiger partial charge in [0.1, 0.15) is 11.3 Å². The molecule has 124 valence electrons. The molecule has 0 unspecified atom stereocenters. The molecule has 6 nitrogen and oxygen atoms in total. The van der Waals surface area contributed by atoms with Crippen LogP contribution in [0, 0.1) is 11.3 Å². The van der Waals surface area contributed by atoms with Crippen molar-refractivity contribution >= 4 is 17.5 Å². The Balaban J connectivity index is 1.77. The third kappa shape index (κ3) is 2.90. The highest BCUT2D eigenvalue weighted by Crippen LogP contribution is 2.36. The molecule has 0 atom stereocenters. The van der Waals surface area contributed by atoms with Gasteiger partial charge in [-0.2, -0.15) is 10.4 Å². The molecule has 2 aliphatic rings. The van der Waals surface area contributed by atoms with E-state index in [4.69, 9.17) is 0 Å². The Kier molecular flexibility index (Phi) is 4.34. The highest BCUT2D eigenvalue weighted by Gasteiger charge is 2.44. The van der Waals surface area contributed by atoms with Crippen molar-refractivity contribution in [3.8, 4) is 6.07 Å². The van der Waals surface area contributed by atoms with E-state index in [-0.39, 0.29) is 18.2 Å². The third-order valence-electron chi connectivity index (χ3n) is 4.86. The van der Waals surface area contributed by atoms with Crippen LogP contribution in [-0.4, -0.2) is 40.0 Å². The van der Waals surface area contributed by atoms with Crippen molar-refractivity contribution in [2.24, 2.45) is 5.10 Å². The number of carbonyl (C=O) groups is 2. The zero-order chi connectivity index (χ0) is 17.2. The number of amides is 2. The van der Waals surface area contributed by atoms with E-state index in [9.17, 15) is 14.9 Å². The Hall–Kier alpha value is -2.68. The summed E-state index contributed by atoms with van der Waals surface area (Å²) in [6, 6.07) is 11.8. The van der Waals surface area contributed by atoms with Crippen molar-refractivity contribution in [3.05, 3.63) is 35.9 Å². The maximum absolute atomic E-state index is 12.7. The Morgan fingerprint density at radius 2 is 2.04 bits per heavy atom. The monoisotopic (exact) mass is 324 g/mol. The van der Waals surface area contributed by atoms with Crippen molar-refractivity contribution < 1.29 is 9.59 Å². The maximum Gasteiger partial charge on any atom is 0.271 e. The fourth-order valence-electron chi connectivity index (χ4n) is 3.06. The number of hydrogen-bond acceptors (Lipinski definition) is 4. The summed E-state index contributed by atoms with van der Waals surface area (Å²) < 4.78 is 0. The van der Waals surface area contributed by atoms with Crippen molar-refractivity contribution in [1.82, 2.24) is 9.91 Å². The molecule has 0 N–H and O–H groups in total. The average Bonchev–Trinajstić information content (AvgIpc) is 2.56. The van der Waals surface area contributed by atoms with Gasteiger partial charge in [0.2, 0.25) is 5.91 Å². The van der Waals surface area contributed by atoms with Crippen LogP contribution in [0.1, 0.15) is 37.7 Å². The standard InChI is InChI=1S/C18H20N4O2/c1-21(18(13-19)10-5-11-18)17(24)15-8-9-16(23)22(20-15)12-14-6-3-2-4-7-14/h2-4,6-7H,5,8-12H2,1H3. The lowest BCUT2D eigenvalue weighted by Gasteiger charge is -2.43. The molecule has 1 heterocycles. The molecule has 0 spiro atoms. The molecule has 3 rings (SSSR count). The number of benzene rings is 1. The van der Waals surface area contributed by atoms with Gasteiger partial charge in [-0.3, -0.25) is 9.59 Å². The van der Waals surface area contributed by atoms with E-state index in [1.54, 1.807) is 7.05 Å². The maximum atomic E-state index is 12.7. The first-order valence-corrected chi connectivity index (χ1v) is 8.17. The van der Waals surface area contributed by atoms with Crippen LogP contribution in [0.5, 0.6) is 0 Å². The minimum absolute atomic E-state index is 0.0864. The zero-order valence-corrected chi connectivity index (χ0v) is 13.7. The lowest BCUT2D eigenvalue weighted by molar-refractivity contribution is -0.133. The molecule has 1 aliphatic heterocycles. The summed E-state index contributed by atoms with van der Waals surface area (Å²) in [5.41, 5.74) is 0.615. The molecular weight excluding hydrogens is 304 g/mol. The van der Waals surface area contributed by atoms with Crippen molar-refractivity contribution in [1.29, 1.82) is 5.26 Å². The number of carbonyl (C=O) groups excluding carboxylic acids is 2. The number of hydrogen-bond donors (Lipinski definition) is 0. The Morgan fingerprint density at radius 3 is 2.62 bits per heavy atom. The third-order valence-corrected chi connectivity index (χ3v) is 4.86. The van der Waals surface area contributed by atoms with Gasteiger partial charge in [0.15, 0.2) is 0 Å². The SMILES string of the molecule is CN(C(=O)C1=NN(Cc2ccccc2)C(=O)CC1)C1(C#N)CCC1. The number of nitrogens with zero attached hydrogens (tertiary/aromatic N) is 4. The Labute approximate surface area is 141 Å². The number of nitriles is 1. The minimum atomic E-state index is -0.703. The van der Waals surface area contributed by atoms with Crippen LogP contribution in [-0.2, 0) is 16.1 Å².